The van der Waals surface area contributed by atoms with Gasteiger partial charge in [0.25, 0.3) is 0 Å². The normalized spacial score (nSPS) is 11.3. The molecule has 0 aliphatic rings. The van der Waals surface area contributed by atoms with Crippen molar-refractivity contribution in [3.8, 4) is 11.1 Å². The highest BCUT2D eigenvalue weighted by Crippen LogP contribution is 2.41. The number of benzene rings is 2. The monoisotopic (exact) mass is 469 g/mol. The van der Waals surface area contributed by atoms with Gasteiger partial charge < -0.3 is 10.1 Å². The fraction of sp³-hybridized carbons (Fsp3) is 0.308. The van der Waals surface area contributed by atoms with E-state index in [4.69, 9.17) is 16.3 Å². The standard InChI is InChI=1S/C26H28ClNO3S/c1-16-22(18-7-6-8-20(27)15-18)23(25(30)31-5)24(32-16)28-21(29)14-11-17-9-12-19(13-10-17)26(2,3)4/h6-10,12-13,15H,11,14H2,1-5H3,(H,28,29). The number of rotatable bonds is 6. The topological polar surface area (TPSA) is 55.4 Å². The molecular weight excluding hydrogens is 442 g/mol. The van der Waals surface area contributed by atoms with Crippen molar-refractivity contribution < 1.29 is 14.3 Å². The molecule has 0 aliphatic heterocycles. The largest absolute Gasteiger partial charge is 0.465 e. The Balaban J connectivity index is 1.79. The number of ether oxygens (including phenoxy) is 1. The number of anilines is 1. The Bertz CT molecular complexity index is 1130. The lowest BCUT2D eigenvalue weighted by molar-refractivity contribution is -0.116. The molecule has 0 saturated heterocycles. The Morgan fingerprint density at radius 1 is 1.09 bits per heavy atom. The molecule has 6 heteroatoms. The molecule has 0 atom stereocenters. The van der Waals surface area contributed by atoms with E-state index in [0.29, 0.717) is 28.4 Å². The first-order valence-corrected chi connectivity index (χ1v) is 11.7. The molecule has 0 spiro atoms. The van der Waals surface area contributed by atoms with Crippen LogP contribution in [0.4, 0.5) is 5.00 Å². The molecule has 0 saturated carbocycles. The van der Waals surface area contributed by atoms with Crippen molar-refractivity contribution in [2.24, 2.45) is 0 Å². The fourth-order valence-corrected chi connectivity index (χ4v) is 4.81. The first-order chi connectivity index (χ1) is 15.1. The van der Waals surface area contributed by atoms with Crippen LogP contribution in [0, 0.1) is 6.92 Å². The van der Waals surface area contributed by atoms with Gasteiger partial charge in [0, 0.05) is 21.9 Å². The molecule has 1 heterocycles. The summed E-state index contributed by atoms with van der Waals surface area (Å²) in [6.45, 7) is 8.44. The van der Waals surface area contributed by atoms with Crippen LogP contribution in [-0.4, -0.2) is 19.0 Å². The molecule has 2 aromatic carbocycles. The number of hydrogen-bond acceptors (Lipinski definition) is 4. The van der Waals surface area contributed by atoms with E-state index in [2.05, 4.69) is 50.4 Å². The SMILES string of the molecule is COC(=O)c1c(NC(=O)CCc2ccc(C(C)(C)C)cc2)sc(C)c1-c1cccc(Cl)c1. The first-order valence-electron chi connectivity index (χ1n) is 10.5. The zero-order valence-electron chi connectivity index (χ0n) is 19.0. The minimum absolute atomic E-state index is 0.0952. The van der Waals surface area contributed by atoms with E-state index in [0.717, 1.165) is 21.6 Å². The maximum absolute atomic E-state index is 12.7. The minimum atomic E-state index is -0.489. The molecule has 4 nitrogen and oxygen atoms in total. The maximum atomic E-state index is 12.7. The third-order valence-corrected chi connectivity index (χ3v) is 6.56. The average Bonchev–Trinajstić information content (AvgIpc) is 3.06. The summed E-state index contributed by atoms with van der Waals surface area (Å²) in [5.74, 6) is -0.633. The third kappa shape index (κ3) is 5.59. The van der Waals surface area contributed by atoms with E-state index in [-0.39, 0.29) is 11.3 Å². The van der Waals surface area contributed by atoms with Crippen LogP contribution < -0.4 is 5.32 Å². The van der Waals surface area contributed by atoms with Crippen LogP contribution in [-0.2, 0) is 21.4 Å². The van der Waals surface area contributed by atoms with E-state index in [9.17, 15) is 9.59 Å². The second kappa shape index (κ2) is 9.88. The number of methoxy groups -OCH3 is 1. The number of halogens is 1. The van der Waals surface area contributed by atoms with Crippen molar-refractivity contribution in [2.75, 3.05) is 12.4 Å². The van der Waals surface area contributed by atoms with Gasteiger partial charge in [-0.2, -0.15) is 0 Å². The van der Waals surface area contributed by atoms with Gasteiger partial charge in [0.15, 0.2) is 0 Å². The number of amides is 1. The molecule has 1 aromatic heterocycles. The van der Waals surface area contributed by atoms with Gasteiger partial charge in [0.1, 0.15) is 10.6 Å². The molecule has 1 amide bonds. The van der Waals surface area contributed by atoms with E-state index in [1.165, 1.54) is 24.0 Å². The Kier molecular flexibility index (Phi) is 7.42. The second-order valence-electron chi connectivity index (χ2n) is 8.73. The predicted octanol–water partition coefficient (Wildman–Crippen LogP) is 7.03. The molecular formula is C26H28ClNO3S. The van der Waals surface area contributed by atoms with Crippen LogP contribution in [0.5, 0.6) is 0 Å². The molecule has 0 unspecified atom stereocenters. The van der Waals surface area contributed by atoms with Crippen LogP contribution >= 0.6 is 22.9 Å². The van der Waals surface area contributed by atoms with Crippen molar-refractivity contribution in [3.63, 3.8) is 0 Å². The van der Waals surface area contributed by atoms with Crippen molar-refractivity contribution in [3.05, 3.63) is 75.1 Å². The molecule has 0 bridgehead atoms. The van der Waals surface area contributed by atoms with Crippen molar-refractivity contribution in [2.45, 2.75) is 46.0 Å². The predicted molar refractivity (Wildman–Crippen MR) is 133 cm³/mol. The second-order valence-corrected chi connectivity index (χ2v) is 10.4. The number of carbonyl (C=O) groups excluding carboxylic acids is 2. The fourth-order valence-electron chi connectivity index (χ4n) is 3.54. The number of nitrogens with one attached hydrogen (secondary N) is 1. The van der Waals surface area contributed by atoms with Gasteiger partial charge in [-0.15, -0.1) is 11.3 Å². The first kappa shape index (κ1) is 24.0. The van der Waals surface area contributed by atoms with E-state index < -0.39 is 5.97 Å². The molecule has 1 N–H and O–H groups in total. The Morgan fingerprint density at radius 2 is 1.78 bits per heavy atom. The van der Waals surface area contributed by atoms with Gasteiger partial charge in [0.05, 0.1) is 7.11 Å². The Morgan fingerprint density at radius 3 is 2.38 bits per heavy atom. The van der Waals surface area contributed by atoms with E-state index >= 15 is 0 Å². The Hall–Kier alpha value is -2.63. The summed E-state index contributed by atoms with van der Waals surface area (Å²) in [7, 11) is 1.34. The summed E-state index contributed by atoms with van der Waals surface area (Å²) in [6, 6.07) is 15.7. The third-order valence-electron chi connectivity index (χ3n) is 5.30. The smallest absolute Gasteiger partial charge is 0.341 e. The van der Waals surface area contributed by atoms with Gasteiger partial charge in [-0.1, -0.05) is 68.8 Å². The van der Waals surface area contributed by atoms with Gasteiger partial charge in [-0.25, -0.2) is 4.79 Å². The van der Waals surface area contributed by atoms with Gasteiger partial charge in [-0.05, 0) is 47.6 Å². The lowest BCUT2D eigenvalue weighted by Crippen LogP contribution is -2.15. The van der Waals surface area contributed by atoms with Crippen LogP contribution in [0.2, 0.25) is 5.02 Å². The highest BCUT2D eigenvalue weighted by Gasteiger charge is 2.25. The number of esters is 1. The zero-order valence-corrected chi connectivity index (χ0v) is 20.6. The average molecular weight is 470 g/mol. The maximum Gasteiger partial charge on any atom is 0.341 e. The van der Waals surface area contributed by atoms with Crippen molar-refractivity contribution in [1.29, 1.82) is 0 Å². The number of thiophene rings is 1. The lowest BCUT2D eigenvalue weighted by atomic mass is 9.86. The lowest BCUT2D eigenvalue weighted by Gasteiger charge is -2.19. The molecule has 3 aromatic rings. The summed E-state index contributed by atoms with van der Waals surface area (Å²) in [5, 5.41) is 4.00. The van der Waals surface area contributed by atoms with E-state index in [1.807, 2.05) is 19.1 Å². The minimum Gasteiger partial charge on any atom is -0.465 e. The molecule has 0 fully saturated rings. The summed E-state index contributed by atoms with van der Waals surface area (Å²) in [5.41, 5.74) is 4.36. The van der Waals surface area contributed by atoms with Gasteiger partial charge in [0.2, 0.25) is 5.91 Å². The molecule has 32 heavy (non-hydrogen) atoms. The molecule has 0 radical (unpaired) electrons. The van der Waals surface area contributed by atoms with Gasteiger partial charge in [-0.3, -0.25) is 4.79 Å². The highest BCUT2D eigenvalue weighted by atomic mass is 35.5. The zero-order chi connectivity index (χ0) is 23.5. The Labute approximate surface area is 198 Å². The van der Waals surface area contributed by atoms with Gasteiger partial charge >= 0.3 is 5.97 Å². The van der Waals surface area contributed by atoms with Crippen molar-refractivity contribution in [1.82, 2.24) is 0 Å². The van der Waals surface area contributed by atoms with Crippen LogP contribution in [0.3, 0.4) is 0 Å². The quantitative estimate of drug-likeness (QED) is 0.394. The van der Waals surface area contributed by atoms with E-state index in [1.54, 1.807) is 12.1 Å². The highest BCUT2D eigenvalue weighted by molar-refractivity contribution is 7.17. The van der Waals surface area contributed by atoms with Crippen LogP contribution in [0.25, 0.3) is 11.1 Å². The van der Waals surface area contributed by atoms with Crippen LogP contribution in [0.15, 0.2) is 48.5 Å². The number of hydrogen-bond donors (Lipinski definition) is 1. The summed E-state index contributed by atoms with van der Waals surface area (Å²) >= 11 is 7.52. The molecule has 3 rings (SSSR count). The number of aryl methyl sites for hydroxylation is 2. The molecule has 0 aliphatic carbocycles. The van der Waals surface area contributed by atoms with Crippen LogP contribution in [0.1, 0.15) is 53.6 Å². The molecule has 168 valence electrons. The summed E-state index contributed by atoms with van der Waals surface area (Å²) in [4.78, 5) is 26.2. The summed E-state index contributed by atoms with van der Waals surface area (Å²) in [6.07, 6.45) is 0.939. The summed E-state index contributed by atoms with van der Waals surface area (Å²) < 4.78 is 5.02. The number of carbonyl (C=O) groups is 2. The van der Waals surface area contributed by atoms with Crippen molar-refractivity contribution >= 4 is 39.8 Å².